The number of ketones is 1. The molecule has 1 heterocycles. The third-order valence-corrected chi connectivity index (χ3v) is 7.33. The van der Waals surface area contributed by atoms with E-state index in [1.54, 1.807) is 0 Å². The first-order valence-electron chi connectivity index (χ1n) is 10.2. The van der Waals surface area contributed by atoms with E-state index in [4.69, 9.17) is 9.47 Å². The first-order chi connectivity index (χ1) is 16.0. The van der Waals surface area contributed by atoms with E-state index < -0.39 is 33.5 Å². The molecule has 0 radical (unpaired) electrons. The number of aromatic hydroxyl groups is 1. The van der Waals surface area contributed by atoms with E-state index in [9.17, 15) is 28.2 Å². The smallest absolute Gasteiger partial charge is 0.295 e. The molecule has 182 valence electrons. The zero-order chi connectivity index (χ0) is 25.2. The van der Waals surface area contributed by atoms with Gasteiger partial charge in [-0.1, -0.05) is 6.07 Å². The van der Waals surface area contributed by atoms with Crippen molar-refractivity contribution in [2.75, 3.05) is 41.5 Å². The number of rotatable bonds is 8. The monoisotopic (exact) mass is 490 g/mol. The average Bonchev–Trinajstić information content (AvgIpc) is 3.07. The largest absolute Gasteiger partial charge is 0.507 e. The number of amides is 1. The lowest BCUT2D eigenvalue weighted by Gasteiger charge is -2.25. The van der Waals surface area contributed by atoms with Gasteiger partial charge < -0.3 is 24.6 Å². The molecule has 2 aromatic rings. The predicted octanol–water partition coefficient (Wildman–Crippen LogP) is 1.72. The normalized spacial score (nSPS) is 18.0. The lowest BCUT2D eigenvalue weighted by atomic mass is 9.95. The number of sulfonamides is 1. The Labute approximate surface area is 197 Å². The summed E-state index contributed by atoms with van der Waals surface area (Å²) in [5.74, 6) is -2.16. The maximum absolute atomic E-state index is 13.0. The van der Waals surface area contributed by atoms with Crippen LogP contribution in [0.2, 0.25) is 0 Å². The summed E-state index contributed by atoms with van der Waals surface area (Å²) < 4.78 is 36.0. The van der Waals surface area contributed by atoms with Gasteiger partial charge in [0.15, 0.2) is 11.5 Å². The third kappa shape index (κ3) is 4.49. The highest BCUT2D eigenvalue weighted by molar-refractivity contribution is 7.89. The Kier molecular flexibility index (Phi) is 7.29. The summed E-state index contributed by atoms with van der Waals surface area (Å²) in [6, 6.07) is 8.74. The molecule has 10 nitrogen and oxygen atoms in total. The number of likely N-dealkylation sites (tertiary alicyclic amines) is 1. The number of hydrogen-bond donors (Lipinski definition) is 2. The zero-order valence-electron chi connectivity index (χ0n) is 19.2. The van der Waals surface area contributed by atoms with E-state index in [1.165, 1.54) is 75.7 Å². The molecule has 0 aliphatic carbocycles. The van der Waals surface area contributed by atoms with Gasteiger partial charge in [-0.05, 0) is 42.0 Å². The maximum atomic E-state index is 13.0. The Morgan fingerprint density at radius 2 is 1.74 bits per heavy atom. The van der Waals surface area contributed by atoms with Crippen molar-refractivity contribution in [3.8, 4) is 11.5 Å². The Hall–Kier alpha value is -3.41. The minimum atomic E-state index is -3.69. The molecule has 3 rings (SSSR count). The summed E-state index contributed by atoms with van der Waals surface area (Å²) in [5, 5.41) is 21.0. The second-order valence-corrected chi connectivity index (χ2v) is 9.88. The molecule has 0 bridgehead atoms. The molecule has 2 N–H and O–H groups in total. The summed E-state index contributed by atoms with van der Waals surface area (Å²) in [6.07, 6.45) is 0. The Bertz CT molecular complexity index is 1240. The quantitative estimate of drug-likeness (QED) is 0.325. The van der Waals surface area contributed by atoms with Crippen LogP contribution in [0.4, 0.5) is 0 Å². The van der Waals surface area contributed by atoms with Crippen molar-refractivity contribution >= 4 is 27.5 Å². The van der Waals surface area contributed by atoms with Gasteiger partial charge in [0, 0.05) is 33.3 Å². The van der Waals surface area contributed by atoms with Crippen LogP contribution in [0.15, 0.2) is 52.9 Å². The fourth-order valence-electron chi connectivity index (χ4n) is 3.66. The lowest BCUT2D eigenvalue weighted by Crippen LogP contribution is -2.32. The van der Waals surface area contributed by atoms with Crippen LogP contribution in [-0.2, 0) is 24.3 Å². The molecule has 1 fully saturated rings. The molecular weight excluding hydrogens is 464 g/mol. The van der Waals surface area contributed by atoms with Crippen LogP contribution in [0.3, 0.4) is 0 Å². The van der Waals surface area contributed by atoms with Crippen molar-refractivity contribution in [3.05, 3.63) is 59.2 Å². The third-order valence-electron chi connectivity index (χ3n) is 5.50. The number of aliphatic hydroxyl groups excluding tert-OH is 1. The molecular formula is C23H26N2O8S. The van der Waals surface area contributed by atoms with Crippen LogP contribution in [0.25, 0.3) is 5.76 Å². The number of carbonyl (C=O) groups excluding carboxylic acids is 2. The second-order valence-electron chi connectivity index (χ2n) is 7.73. The topological polar surface area (TPSA) is 134 Å². The Morgan fingerprint density at radius 1 is 1.09 bits per heavy atom. The van der Waals surface area contributed by atoms with Gasteiger partial charge in [-0.2, -0.15) is 0 Å². The number of carbonyl (C=O) groups is 2. The van der Waals surface area contributed by atoms with Crippen molar-refractivity contribution in [2.45, 2.75) is 10.9 Å². The fourth-order valence-corrected chi connectivity index (χ4v) is 4.56. The van der Waals surface area contributed by atoms with E-state index in [0.29, 0.717) is 5.56 Å². The Morgan fingerprint density at radius 3 is 2.29 bits per heavy atom. The van der Waals surface area contributed by atoms with E-state index in [2.05, 4.69) is 0 Å². The van der Waals surface area contributed by atoms with Gasteiger partial charge >= 0.3 is 0 Å². The number of Topliss-reactive ketones (excluding diaryl/α,β-unsaturated/α-hetero) is 1. The van der Waals surface area contributed by atoms with Crippen LogP contribution in [0, 0.1) is 0 Å². The first kappa shape index (κ1) is 25.2. The Balaban J connectivity index is 2.16. The molecule has 1 aliphatic rings. The highest BCUT2D eigenvalue weighted by Gasteiger charge is 2.46. The van der Waals surface area contributed by atoms with Gasteiger partial charge in [0.25, 0.3) is 11.7 Å². The van der Waals surface area contributed by atoms with E-state index >= 15 is 0 Å². The summed E-state index contributed by atoms with van der Waals surface area (Å²) in [4.78, 5) is 27.1. The molecule has 1 saturated heterocycles. The van der Waals surface area contributed by atoms with Crippen molar-refractivity contribution in [1.82, 2.24) is 9.21 Å². The molecule has 0 spiro atoms. The van der Waals surface area contributed by atoms with Crippen LogP contribution in [0.5, 0.6) is 11.5 Å². The summed E-state index contributed by atoms with van der Waals surface area (Å²) in [7, 11) is 1.93. The number of phenols is 1. The highest BCUT2D eigenvalue weighted by atomic mass is 32.2. The molecule has 0 unspecified atom stereocenters. The summed E-state index contributed by atoms with van der Waals surface area (Å²) in [5.41, 5.74) is 0.425. The SMILES string of the molecule is COCCN1C(=O)C(=O)/C(=C(/O)c2ccc(S(=O)(=O)N(C)C)cc2)[C@@H]1c1ccc(O)c(OC)c1. The zero-order valence-corrected chi connectivity index (χ0v) is 20.0. The predicted molar refractivity (Wildman–Crippen MR) is 123 cm³/mol. The van der Waals surface area contributed by atoms with Gasteiger partial charge in [-0.3, -0.25) is 9.59 Å². The summed E-state index contributed by atoms with van der Waals surface area (Å²) >= 11 is 0. The molecule has 34 heavy (non-hydrogen) atoms. The number of benzene rings is 2. The number of aliphatic hydroxyl groups is 1. The molecule has 11 heteroatoms. The second kappa shape index (κ2) is 9.84. The van der Waals surface area contributed by atoms with Gasteiger partial charge in [-0.25, -0.2) is 12.7 Å². The molecule has 0 aromatic heterocycles. The molecule has 1 amide bonds. The van der Waals surface area contributed by atoms with Gasteiger partial charge in [-0.15, -0.1) is 0 Å². The average molecular weight is 491 g/mol. The minimum absolute atomic E-state index is 0.00872. The number of nitrogens with zero attached hydrogens (tertiary/aromatic N) is 2. The van der Waals surface area contributed by atoms with Gasteiger partial charge in [0.2, 0.25) is 10.0 Å². The number of methoxy groups -OCH3 is 2. The van der Waals surface area contributed by atoms with Gasteiger partial charge in [0.05, 0.1) is 30.2 Å². The maximum Gasteiger partial charge on any atom is 0.295 e. The summed E-state index contributed by atoms with van der Waals surface area (Å²) in [6.45, 7) is 0.224. The number of hydrogen-bond acceptors (Lipinski definition) is 8. The van der Waals surface area contributed by atoms with E-state index in [0.717, 1.165) is 4.31 Å². The molecule has 0 saturated carbocycles. The number of ether oxygens (including phenoxy) is 2. The fraction of sp³-hybridized carbons (Fsp3) is 0.304. The van der Waals surface area contributed by atoms with Crippen molar-refractivity contribution in [1.29, 1.82) is 0 Å². The van der Waals surface area contributed by atoms with Gasteiger partial charge in [0.1, 0.15) is 5.76 Å². The van der Waals surface area contributed by atoms with Crippen LogP contribution < -0.4 is 4.74 Å². The van der Waals surface area contributed by atoms with Crippen LogP contribution in [0.1, 0.15) is 17.2 Å². The van der Waals surface area contributed by atoms with Crippen molar-refractivity contribution in [3.63, 3.8) is 0 Å². The lowest BCUT2D eigenvalue weighted by molar-refractivity contribution is -0.140. The first-order valence-corrected chi connectivity index (χ1v) is 11.7. The molecule has 1 aliphatic heterocycles. The minimum Gasteiger partial charge on any atom is -0.507 e. The standard InChI is InChI=1S/C23H26N2O8S/c1-24(2)34(30,31)16-8-5-14(6-9-16)21(27)19-20(15-7-10-17(26)18(13-15)33-4)25(11-12-32-3)23(29)22(19)28/h5-10,13,20,26-27H,11-12H2,1-4H3/b21-19+/t20-/m0/s1. The highest BCUT2D eigenvalue weighted by Crippen LogP contribution is 2.41. The van der Waals surface area contributed by atoms with E-state index in [1.807, 2.05) is 0 Å². The molecule has 1 atom stereocenters. The van der Waals surface area contributed by atoms with Crippen molar-refractivity contribution in [2.24, 2.45) is 0 Å². The van der Waals surface area contributed by atoms with Crippen LogP contribution in [-0.4, -0.2) is 81.0 Å². The van der Waals surface area contributed by atoms with Crippen LogP contribution >= 0.6 is 0 Å². The molecule has 2 aromatic carbocycles. The van der Waals surface area contributed by atoms with E-state index in [-0.39, 0.29) is 40.7 Å². The number of phenolic OH excluding ortho intramolecular Hbond substituents is 1. The van der Waals surface area contributed by atoms with Crippen molar-refractivity contribution < 1.29 is 37.7 Å².